The molecule has 6 rings (SSSR count). The van der Waals surface area contributed by atoms with Crippen LogP contribution < -0.4 is 20.7 Å². The number of benzene rings is 1. The molecule has 4 aromatic rings. The lowest BCUT2D eigenvalue weighted by atomic mass is 10.0. The number of hydrogen-bond donors (Lipinski definition) is 3. The van der Waals surface area contributed by atoms with Crippen LogP contribution in [0.15, 0.2) is 36.5 Å². The molecule has 34 heavy (non-hydrogen) atoms. The number of ether oxygens (including phenoxy) is 1. The Morgan fingerprint density at radius 1 is 1.24 bits per heavy atom. The Morgan fingerprint density at radius 2 is 2.06 bits per heavy atom. The maximum absolute atomic E-state index is 14.0. The molecule has 1 saturated carbocycles. The molecule has 4 N–H and O–H groups in total. The first kappa shape index (κ1) is 22.0. The number of rotatable bonds is 3. The molecule has 10 heteroatoms. The quantitative estimate of drug-likeness (QED) is 0.425. The maximum atomic E-state index is 14.0. The second-order valence-electron chi connectivity index (χ2n) is 8.66. The summed E-state index contributed by atoms with van der Waals surface area (Å²) in [5.74, 6) is 1.26. The number of nitrogens with one attached hydrogen (secondary N) is 2. The summed E-state index contributed by atoms with van der Waals surface area (Å²) < 4.78 is 19.9. The second kappa shape index (κ2) is 8.85. The molecule has 1 unspecified atom stereocenters. The number of hydrogen-bond acceptors (Lipinski definition) is 8. The molecule has 3 atom stereocenters. The van der Waals surface area contributed by atoms with Gasteiger partial charge in [-0.1, -0.05) is 0 Å². The van der Waals surface area contributed by atoms with E-state index in [2.05, 4.69) is 25.2 Å². The van der Waals surface area contributed by atoms with Crippen LogP contribution in [0, 0.1) is 23.1 Å². The summed E-state index contributed by atoms with van der Waals surface area (Å²) in [6.45, 7) is 0.803. The van der Waals surface area contributed by atoms with Crippen LogP contribution in [0.1, 0.15) is 18.5 Å². The fourth-order valence-corrected chi connectivity index (χ4v) is 4.85. The number of aromatic nitrogens is 4. The van der Waals surface area contributed by atoms with E-state index in [1.54, 1.807) is 18.2 Å². The number of H-pyrrole nitrogens is 1. The summed E-state index contributed by atoms with van der Waals surface area (Å²) in [5.41, 5.74) is 7.91. The van der Waals surface area contributed by atoms with Crippen LogP contribution in [0.3, 0.4) is 0 Å². The van der Waals surface area contributed by atoms with Gasteiger partial charge in [0.15, 0.2) is 0 Å². The second-order valence-corrected chi connectivity index (χ2v) is 8.66. The van der Waals surface area contributed by atoms with Gasteiger partial charge in [0.25, 0.3) is 0 Å². The molecule has 2 fully saturated rings. The number of piperidine rings is 1. The van der Waals surface area contributed by atoms with Crippen molar-refractivity contribution in [2.75, 3.05) is 25.5 Å². The smallest absolute Gasteiger partial charge is 0.326 e. The van der Waals surface area contributed by atoms with Gasteiger partial charge in [-0.2, -0.15) is 15.2 Å². The Bertz CT molecular complexity index is 1380. The normalized spacial score (nSPS) is 20.9. The van der Waals surface area contributed by atoms with E-state index in [4.69, 9.17) is 20.7 Å². The Morgan fingerprint density at radius 3 is 2.71 bits per heavy atom. The molecule has 1 aliphatic heterocycles. The lowest BCUT2D eigenvalue weighted by Crippen LogP contribution is -2.41. The third-order valence-electron chi connectivity index (χ3n) is 6.30. The van der Waals surface area contributed by atoms with E-state index in [-0.39, 0.29) is 17.9 Å². The highest BCUT2D eigenvalue weighted by molar-refractivity contribution is 6.11. The number of nitrogens with zero attached hydrogens (tertiary/aromatic N) is 5. The molecule has 9 nitrogen and oxygen atoms in total. The van der Waals surface area contributed by atoms with Gasteiger partial charge in [0.05, 0.1) is 11.6 Å². The molecule has 1 saturated heterocycles. The van der Waals surface area contributed by atoms with Crippen LogP contribution in [0.4, 0.5) is 10.2 Å². The zero-order chi connectivity index (χ0) is 23.8. The van der Waals surface area contributed by atoms with E-state index >= 15 is 0 Å². The minimum atomic E-state index is -0.312. The molecule has 174 valence electrons. The summed E-state index contributed by atoms with van der Waals surface area (Å²) in [6.07, 6.45) is 3.39. The van der Waals surface area contributed by atoms with E-state index in [0.29, 0.717) is 29.1 Å². The van der Waals surface area contributed by atoms with Crippen LogP contribution in [-0.4, -0.2) is 52.7 Å². The van der Waals surface area contributed by atoms with Crippen molar-refractivity contribution in [3.05, 3.63) is 48.0 Å². The molecule has 1 aromatic carbocycles. The number of nitriles is 1. The topological polar surface area (TPSA) is 129 Å². The molecule has 3 aromatic heterocycles. The number of pyridine rings is 1. The van der Waals surface area contributed by atoms with Gasteiger partial charge in [0.2, 0.25) is 0 Å². The lowest BCUT2D eigenvalue weighted by molar-refractivity contribution is 0.438. The molecule has 1 aliphatic carbocycles. The molecule has 0 spiro atoms. The van der Waals surface area contributed by atoms with Gasteiger partial charge in [0.1, 0.15) is 34.8 Å². The Labute approximate surface area is 195 Å². The molecule has 0 radical (unpaired) electrons. The summed E-state index contributed by atoms with van der Waals surface area (Å²) in [6, 6.07) is 10.5. The fraction of sp³-hybridized carbons (Fsp3) is 0.333. The number of anilines is 1. The van der Waals surface area contributed by atoms with Crippen molar-refractivity contribution >= 4 is 27.8 Å². The highest BCUT2D eigenvalue weighted by Gasteiger charge is 2.44. The number of aromatic amines is 1. The average Bonchev–Trinajstić information content (AvgIpc) is 3.51. The predicted octanol–water partition coefficient (Wildman–Crippen LogP) is 3.07. The van der Waals surface area contributed by atoms with Crippen molar-refractivity contribution in [3.8, 4) is 17.8 Å². The fourth-order valence-electron chi connectivity index (χ4n) is 4.85. The number of fused-ring (bicyclic) bond motifs is 5. The van der Waals surface area contributed by atoms with Crippen molar-refractivity contribution in [1.29, 1.82) is 5.26 Å². The van der Waals surface area contributed by atoms with E-state index in [1.165, 1.54) is 18.3 Å². The molecule has 2 aliphatic rings. The maximum Gasteiger partial charge on any atom is 0.326 e. The highest BCUT2D eigenvalue weighted by Crippen LogP contribution is 2.43. The molecular weight excluding hydrogens is 435 g/mol. The Balaban J connectivity index is 0.000000764. The average molecular weight is 461 g/mol. The monoisotopic (exact) mass is 460 g/mol. The van der Waals surface area contributed by atoms with Gasteiger partial charge in [0, 0.05) is 29.5 Å². The van der Waals surface area contributed by atoms with Gasteiger partial charge in [-0.25, -0.2) is 9.37 Å². The number of nitrogens with two attached hydrogens (primary N) is 1. The summed E-state index contributed by atoms with van der Waals surface area (Å²) >= 11 is 0. The third kappa shape index (κ3) is 3.89. The van der Waals surface area contributed by atoms with Crippen LogP contribution in [-0.2, 0) is 0 Å². The molecular formula is C24H25FN8O. The first-order valence-corrected chi connectivity index (χ1v) is 11.1. The van der Waals surface area contributed by atoms with Gasteiger partial charge in [-0.05, 0) is 63.2 Å². The highest BCUT2D eigenvalue weighted by atomic mass is 19.1. The largest absolute Gasteiger partial charge is 0.423 e. The van der Waals surface area contributed by atoms with Crippen molar-refractivity contribution in [3.63, 3.8) is 0 Å². The molecule has 2 bridgehead atoms. The van der Waals surface area contributed by atoms with Crippen molar-refractivity contribution in [2.24, 2.45) is 11.7 Å². The van der Waals surface area contributed by atoms with Crippen LogP contribution in [0.2, 0.25) is 0 Å². The summed E-state index contributed by atoms with van der Waals surface area (Å²) in [7, 11) is 3.75. The van der Waals surface area contributed by atoms with Gasteiger partial charge in [-0.3, -0.25) is 0 Å². The minimum absolute atomic E-state index is 0.160. The third-order valence-corrected chi connectivity index (χ3v) is 6.30. The van der Waals surface area contributed by atoms with Gasteiger partial charge >= 0.3 is 6.01 Å². The first-order valence-electron chi connectivity index (χ1n) is 11.1. The van der Waals surface area contributed by atoms with E-state index in [9.17, 15) is 4.39 Å². The Hall–Kier alpha value is -3.81. The van der Waals surface area contributed by atoms with Crippen molar-refractivity contribution < 1.29 is 9.13 Å². The van der Waals surface area contributed by atoms with E-state index in [0.717, 1.165) is 41.5 Å². The van der Waals surface area contributed by atoms with Gasteiger partial charge in [-0.15, -0.1) is 0 Å². The number of halogens is 1. The zero-order valence-electron chi connectivity index (χ0n) is 18.9. The van der Waals surface area contributed by atoms with Crippen LogP contribution in [0.5, 0.6) is 11.8 Å². The van der Waals surface area contributed by atoms with E-state index in [1.807, 2.05) is 20.2 Å². The standard InChI is InChI=1S/C22H18FN7O.C2H7N/c23-12-1-4-18-16(6-12)19-20(27-18)28-22(31-15-3-2-13(8-24)26-9-15)29-21(19)30-10-11-5-14(30)7-17(11)25;1-3-2/h1-4,6,9,11,14,17H,5,7,10,25H2,(H,27,28,29);3H,1-2H3/t11-,14-,17?;/m1./s1. The van der Waals surface area contributed by atoms with Crippen molar-refractivity contribution in [2.45, 2.75) is 24.9 Å². The Kier molecular flexibility index (Phi) is 5.73. The molecule has 0 amide bonds. The zero-order valence-corrected chi connectivity index (χ0v) is 18.9. The molecule has 4 heterocycles. The lowest BCUT2D eigenvalue weighted by Gasteiger charge is -2.31. The first-order chi connectivity index (χ1) is 16.5. The SMILES string of the molecule is CNC.N#Cc1ccc(Oc2nc(N3C[C@H]4C[C@@H]3CC4N)c3c(n2)[nH]c2ccc(F)cc23)cn1. The van der Waals surface area contributed by atoms with E-state index < -0.39 is 0 Å². The summed E-state index contributed by atoms with van der Waals surface area (Å²) in [4.78, 5) is 18.8. The van der Waals surface area contributed by atoms with Crippen molar-refractivity contribution in [1.82, 2.24) is 25.3 Å². The van der Waals surface area contributed by atoms with Crippen LogP contribution in [0.25, 0.3) is 21.9 Å². The van der Waals surface area contributed by atoms with Crippen LogP contribution >= 0.6 is 0 Å². The predicted molar refractivity (Wildman–Crippen MR) is 127 cm³/mol. The minimum Gasteiger partial charge on any atom is -0.423 e. The summed E-state index contributed by atoms with van der Waals surface area (Å²) in [5, 5.41) is 13.2. The van der Waals surface area contributed by atoms with Gasteiger partial charge < -0.3 is 25.7 Å².